The van der Waals surface area contributed by atoms with Gasteiger partial charge in [0.25, 0.3) is 0 Å². The normalized spacial score (nSPS) is 21.7. The van der Waals surface area contributed by atoms with E-state index in [-0.39, 0.29) is 5.60 Å². The standard InChI is InChI=1S/C11H23NO/c1-2-3-9-12-10-11(13)7-5-4-6-8-11/h12-13H,2-10H2,1H3. The van der Waals surface area contributed by atoms with Gasteiger partial charge in [0.1, 0.15) is 0 Å². The minimum atomic E-state index is -0.383. The molecule has 1 rings (SSSR count). The molecule has 0 radical (unpaired) electrons. The van der Waals surface area contributed by atoms with Crippen molar-refractivity contribution >= 4 is 0 Å². The van der Waals surface area contributed by atoms with Crippen molar-refractivity contribution in [2.75, 3.05) is 13.1 Å². The third-order valence-electron chi connectivity index (χ3n) is 2.95. The second-order valence-electron chi connectivity index (χ2n) is 4.32. The predicted octanol–water partition coefficient (Wildman–Crippen LogP) is 2.07. The molecule has 0 saturated heterocycles. The molecule has 1 fully saturated rings. The third-order valence-corrected chi connectivity index (χ3v) is 2.95. The topological polar surface area (TPSA) is 32.3 Å². The van der Waals surface area contributed by atoms with E-state index in [1.54, 1.807) is 0 Å². The van der Waals surface area contributed by atoms with Crippen molar-refractivity contribution in [1.29, 1.82) is 0 Å². The predicted molar refractivity (Wildman–Crippen MR) is 55.8 cm³/mol. The lowest BCUT2D eigenvalue weighted by Crippen LogP contribution is -2.42. The van der Waals surface area contributed by atoms with Crippen LogP contribution in [-0.4, -0.2) is 23.8 Å². The molecule has 0 heterocycles. The number of aliphatic hydroxyl groups is 1. The lowest BCUT2D eigenvalue weighted by molar-refractivity contribution is 0.00506. The summed E-state index contributed by atoms with van der Waals surface area (Å²) in [5, 5.41) is 13.5. The van der Waals surface area contributed by atoms with Crippen LogP contribution in [-0.2, 0) is 0 Å². The van der Waals surface area contributed by atoms with Crippen molar-refractivity contribution in [3.05, 3.63) is 0 Å². The molecule has 1 saturated carbocycles. The van der Waals surface area contributed by atoms with Gasteiger partial charge < -0.3 is 10.4 Å². The first-order valence-corrected chi connectivity index (χ1v) is 5.70. The van der Waals surface area contributed by atoms with E-state index in [9.17, 15) is 5.11 Å². The maximum Gasteiger partial charge on any atom is 0.0771 e. The van der Waals surface area contributed by atoms with Gasteiger partial charge in [-0.3, -0.25) is 0 Å². The molecular weight excluding hydrogens is 162 g/mol. The van der Waals surface area contributed by atoms with Crippen molar-refractivity contribution in [3.8, 4) is 0 Å². The van der Waals surface area contributed by atoms with Gasteiger partial charge in [0, 0.05) is 6.54 Å². The maximum absolute atomic E-state index is 10.1. The molecular formula is C11H23NO. The second-order valence-corrected chi connectivity index (χ2v) is 4.32. The molecule has 0 atom stereocenters. The van der Waals surface area contributed by atoms with Crippen molar-refractivity contribution < 1.29 is 5.11 Å². The summed E-state index contributed by atoms with van der Waals surface area (Å²) in [6.07, 6.45) is 8.13. The Morgan fingerprint density at radius 2 is 1.92 bits per heavy atom. The molecule has 0 aromatic carbocycles. The van der Waals surface area contributed by atoms with Crippen LogP contribution in [0.4, 0.5) is 0 Å². The Bertz CT molecular complexity index is 130. The Morgan fingerprint density at radius 1 is 1.23 bits per heavy atom. The largest absolute Gasteiger partial charge is 0.389 e. The molecule has 78 valence electrons. The monoisotopic (exact) mass is 185 g/mol. The average Bonchev–Trinajstić information content (AvgIpc) is 2.14. The number of nitrogens with one attached hydrogen (secondary N) is 1. The summed E-state index contributed by atoms with van der Waals surface area (Å²) in [6, 6.07) is 0. The van der Waals surface area contributed by atoms with E-state index < -0.39 is 0 Å². The molecule has 1 aliphatic rings. The number of hydrogen-bond donors (Lipinski definition) is 2. The highest BCUT2D eigenvalue weighted by molar-refractivity contribution is 4.84. The Morgan fingerprint density at radius 3 is 2.54 bits per heavy atom. The second kappa shape index (κ2) is 5.61. The lowest BCUT2D eigenvalue weighted by Gasteiger charge is -2.32. The first kappa shape index (κ1) is 11.0. The molecule has 13 heavy (non-hydrogen) atoms. The molecule has 0 unspecified atom stereocenters. The van der Waals surface area contributed by atoms with Crippen LogP contribution in [0.1, 0.15) is 51.9 Å². The average molecular weight is 185 g/mol. The summed E-state index contributed by atoms with van der Waals surface area (Å²) >= 11 is 0. The zero-order valence-electron chi connectivity index (χ0n) is 8.81. The molecule has 0 spiro atoms. The Hall–Kier alpha value is -0.0800. The fraction of sp³-hybridized carbons (Fsp3) is 1.00. The number of rotatable bonds is 5. The molecule has 2 heteroatoms. The summed E-state index contributed by atoms with van der Waals surface area (Å²) in [7, 11) is 0. The van der Waals surface area contributed by atoms with Crippen molar-refractivity contribution in [2.24, 2.45) is 0 Å². The molecule has 0 amide bonds. The SMILES string of the molecule is CCCCNCC1(O)CCCCC1. The van der Waals surface area contributed by atoms with Crippen molar-refractivity contribution in [3.63, 3.8) is 0 Å². The van der Waals surface area contributed by atoms with Gasteiger partial charge in [0.15, 0.2) is 0 Å². The molecule has 0 aromatic rings. The minimum Gasteiger partial charge on any atom is -0.389 e. The highest BCUT2D eigenvalue weighted by Gasteiger charge is 2.28. The Labute approximate surface area is 81.7 Å². The van der Waals surface area contributed by atoms with Crippen molar-refractivity contribution in [2.45, 2.75) is 57.5 Å². The van der Waals surface area contributed by atoms with Crippen LogP contribution in [0.15, 0.2) is 0 Å². The van der Waals surface area contributed by atoms with Crippen LogP contribution in [0.5, 0.6) is 0 Å². The van der Waals surface area contributed by atoms with Gasteiger partial charge in [-0.15, -0.1) is 0 Å². The molecule has 2 N–H and O–H groups in total. The van der Waals surface area contributed by atoms with E-state index in [4.69, 9.17) is 0 Å². The molecule has 0 bridgehead atoms. The van der Waals surface area contributed by atoms with Gasteiger partial charge >= 0.3 is 0 Å². The summed E-state index contributed by atoms with van der Waals surface area (Å²) in [5.74, 6) is 0. The first-order chi connectivity index (χ1) is 6.27. The smallest absolute Gasteiger partial charge is 0.0771 e. The number of unbranched alkanes of at least 4 members (excludes halogenated alkanes) is 1. The summed E-state index contributed by atoms with van der Waals surface area (Å²) in [4.78, 5) is 0. The van der Waals surface area contributed by atoms with Crippen LogP contribution < -0.4 is 5.32 Å². The van der Waals surface area contributed by atoms with Crippen molar-refractivity contribution in [1.82, 2.24) is 5.32 Å². The van der Waals surface area contributed by atoms with Gasteiger partial charge in [0.2, 0.25) is 0 Å². The molecule has 0 aromatic heterocycles. The molecule has 2 nitrogen and oxygen atoms in total. The van der Waals surface area contributed by atoms with E-state index in [0.29, 0.717) is 0 Å². The number of hydrogen-bond acceptors (Lipinski definition) is 2. The fourth-order valence-electron chi connectivity index (χ4n) is 2.01. The summed E-state index contributed by atoms with van der Waals surface area (Å²) in [5.41, 5.74) is -0.383. The van der Waals surface area contributed by atoms with Crippen LogP contribution in [0.3, 0.4) is 0 Å². The fourth-order valence-corrected chi connectivity index (χ4v) is 2.01. The first-order valence-electron chi connectivity index (χ1n) is 5.70. The lowest BCUT2D eigenvalue weighted by atomic mass is 9.85. The van der Waals surface area contributed by atoms with Gasteiger partial charge in [0.05, 0.1) is 5.60 Å². The van der Waals surface area contributed by atoms with Gasteiger partial charge in [-0.1, -0.05) is 32.6 Å². The zero-order valence-corrected chi connectivity index (χ0v) is 8.81. The van der Waals surface area contributed by atoms with E-state index in [1.165, 1.54) is 32.1 Å². The van der Waals surface area contributed by atoms with E-state index in [0.717, 1.165) is 25.9 Å². The zero-order chi connectivity index (χ0) is 9.57. The van der Waals surface area contributed by atoms with Crippen LogP contribution in [0.25, 0.3) is 0 Å². The highest BCUT2D eigenvalue weighted by Crippen LogP contribution is 2.27. The van der Waals surface area contributed by atoms with E-state index in [1.807, 2.05) is 0 Å². The van der Waals surface area contributed by atoms with E-state index >= 15 is 0 Å². The quantitative estimate of drug-likeness (QED) is 0.643. The molecule has 1 aliphatic carbocycles. The molecule has 0 aliphatic heterocycles. The Kier molecular flexibility index (Phi) is 4.74. The Balaban J connectivity index is 2.10. The minimum absolute atomic E-state index is 0.383. The maximum atomic E-state index is 10.1. The van der Waals surface area contributed by atoms with Gasteiger partial charge in [-0.05, 0) is 25.8 Å². The van der Waals surface area contributed by atoms with Crippen LogP contribution in [0, 0.1) is 0 Å². The van der Waals surface area contributed by atoms with Gasteiger partial charge in [-0.25, -0.2) is 0 Å². The van der Waals surface area contributed by atoms with Crippen LogP contribution in [0.2, 0.25) is 0 Å². The van der Waals surface area contributed by atoms with Crippen LogP contribution >= 0.6 is 0 Å². The highest BCUT2D eigenvalue weighted by atomic mass is 16.3. The third kappa shape index (κ3) is 4.10. The summed E-state index contributed by atoms with van der Waals surface area (Å²) in [6.45, 7) is 4.04. The van der Waals surface area contributed by atoms with Gasteiger partial charge in [-0.2, -0.15) is 0 Å². The summed E-state index contributed by atoms with van der Waals surface area (Å²) < 4.78 is 0. The van der Waals surface area contributed by atoms with E-state index in [2.05, 4.69) is 12.2 Å².